The van der Waals surface area contributed by atoms with Crippen molar-refractivity contribution in [3.63, 3.8) is 0 Å². The third-order valence-corrected chi connectivity index (χ3v) is 4.54. The van der Waals surface area contributed by atoms with Gasteiger partial charge >= 0.3 is 0 Å². The van der Waals surface area contributed by atoms with E-state index < -0.39 is 0 Å². The molecule has 2 aromatic rings. The molecule has 0 fully saturated rings. The highest BCUT2D eigenvalue weighted by molar-refractivity contribution is 8.03. The van der Waals surface area contributed by atoms with Gasteiger partial charge in [-0.05, 0) is 56.7 Å². The molecule has 0 atom stereocenters. The van der Waals surface area contributed by atoms with Gasteiger partial charge in [-0.1, -0.05) is 43.6 Å². The standard InChI is InChI=1S/C23H26N4S/c1-7-8-21(25-16(2)3)15-18(5)26-19(6)28-23-17(4)9-10-22(27-23)20-11-13-24-14-12-20/h7-15,25-26H,2,5-6H2,1,3-4H3/b8-7-,21-15+. The van der Waals surface area contributed by atoms with Gasteiger partial charge in [-0.3, -0.25) is 4.98 Å². The predicted molar refractivity (Wildman–Crippen MR) is 120 cm³/mol. The van der Waals surface area contributed by atoms with Crippen LogP contribution in [0, 0.1) is 6.92 Å². The summed E-state index contributed by atoms with van der Waals surface area (Å²) in [6.45, 7) is 17.9. The smallest absolute Gasteiger partial charge is 0.106 e. The number of thioether (sulfide) groups is 1. The molecule has 2 aromatic heterocycles. The molecule has 4 nitrogen and oxygen atoms in total. The first-order valence-electron chi connectivity index (χ1n) is 8.86. The number of nitrogens with one attached hydrogen (secondary N) is 2. The van der Waals surface area contributed by atoms with Crippen LogP contribution in [0.1, 0.15) is 19.4 Å². The number of allylic oxidation sites excluding steroid dienone is 4. The lowest BCUT2D eigenvalue weighted by atomic mass is 10.1. The quantitative estimate of drug-likeness (QED) is 0.425. The van der Waals surface area contributed by atoms with Gasteiger partial charge in [0.05, 0.1) is 10.7 Å². The molecule has 2 heterocycles. The molecule has 0 unspecified atom stereocenters. The summed E-state index contributed by atoms with van der Waals surface area (Å²) >= 11 is 1.48. The van der Waals surface area contributed by atoms with E-state index in [0.29, 0.717) is 0 Å². The fourth-order valence-electron chi connectivity index (χ4n) is 2.39. The van der Waals surface area contributed by atoms with Crippen LogP contribution in [0.2, 0.25) is 0 Å². The maximum atomic E-state index is 4.77. The topological polar surface area (TPSA) is 49.8 Å². The zero-order valence-electron chi connectivity index (χ0n) is 16.6. The van der Waals surface area contributed by atoms with Crippen molar-refractivity contribution in [3.8, 4) is 11.3 Å². The molecule has 0 bridgehead atoms. The second-order valence-electron chi connectivity index (χ2n) is 6.23. The highest BCUT2D eigenvalue weighted by Crippen LogP contribution is 2.28. The summed E-state index contributed by atoms with van der Waals surface area (Å²) in [4.78, 5) is 8.83. The van der Waals surface area contributed by atoms with Crippen molar-refractivity contribution in [2.45, 2.75) is 25.8 Å². The van der Waals surface area contributed by atoms with Crippen molar-refractivity contribution in [1.82, 2.24) is 20.6 Å². The van der Waals surface area contributed by atoms with E-state index in [-0.39, 0.29) is 0 Å². The van der Waals surface area contributed by atoms with E-state index in [1.54, 1.807) is 12.4 Å². The van der Waals surface area contributed by atoms with Gasteiger partial charge in [0.1, 0.15) is 5.03 Å². The molecule has 2 N–H and O–H groups in total. The maximum absolute atomic E-state index is 4.77. The third-order valence-electron chi connectivity index (χ3n) is 3.58. The molecule has 2 rings (SSSR count). The average molecular weight is 391 g/mol. The van der Waals surface area contributed by atoms with Crippen LogP contribution >= 0.6 is 11.8 Å². The lowest BCUT2D eigenvalue weighted by Crippen LogP contribution is -2.12. The van der Waals surface area contributed by atoms with E-state index in [2.05, 4.69) is 41.4 Å². The number of pyridine rings is 2. The second kappa shape index (κ2) is 10.3. The van der Waals surface area contributed by atoms with E-state index in [1.165, 1.54) is 11.8 Å². The summed E-state index contributed by atoms with van der Waals surface area (Å²) in [5.74, 6) is 0. The number of aryl methyl sites for hydroxylation is 1. The number of rotatable bonds is 9. The fraction of sp³-hybridized carbons (Fsp3) is 0.130. The van der Waals surface area contributed by atoms with Gasteiger partial charge in [0.15, 0.2) is 0 Å². The van der Waals surface area contributed by atoms with Crippen molar-refractivity contribution < 1.29 is 0 Å². The summed E-state index contributed by atoms with van der Waals surface area (Å²) in [5.41, 5.74) is 5.51. The molecule has 0 aromatic carbocycles. The van der Waals surface area contributed by atoms with Crippen LogP contribution in [0.25, 0.3) is 11.3 Å². The Morgan fingerprint density at radius 1 is 1.07 bits per heavy atom. The molecule has 28 heavy (non-hydrogen) atoms. The van der Waals surface area contributed by atoms with Crippen molar-refractivity contribution >= 4 is 11.8 Å². The Bertz CT molecular complexity index is 927. The lowest BCUT2D eigenvalue weighted by Gasteiger charge is -2.13. The summed E-state index contributed by atoms with van der Waals surface area (Å²) in [6.07, 6.45) is 9.36. The zero-order valence-corrected chi connectivity index (χ0v) is 17.4. The van der Waals surface area contributed by atoms with Crippen molar-refractivity contribution in [2.75, 3.05) is 0 Å². The molecular weight excluding hydrogens is 364 g/mol. The average Bonchev–Trinajstić information content (AvgIpc) is 2.63. The minimum atomic E-state index is 0.724. The normalized spacial score (nSPS) is 11.3. The molecule has 0 saturated heterocycles. The van der Waals surface area contributed by atoms with E-state index in [1.807, 2.05) is 57.2 Å². The Labute approximate surface area is 171 Å². The summed E-state index contributed by atoms with van der Waals surface area (Å²) < 4.78 is 0. The van der Waals surface area contributed by atoms with E-state index in [0.717, 1.165) is 44.0 Å². The first kappa shape index (κ1) is 21.3. The van der Waals surface area contributed by atoms with Crippen molar-refractivity contribution in [2.24, 2.45) is 0 Å². The van der Waals surface area contributed by atoms with Gasteiger partial charge in [0.25, 0.3) is 0 Å². The highest BCUT2D eigenvalue weighted by atomic mass is 32.2. The van der Waals surface area contributed by atoms with Crippen LogP contribution < -0.4 is 10.6 Å². The molecule has 5 heteroatoms. The summed E-state index contributed by atoms with van der Waals surface area (Å²) in [5, 5.41) is 8.06. The number of hydrogen-bond donors (Lipinski definition) is 2. The Hall–Kier alpha value is -3.05. The van der Waals surface area contributed by atoms with Crippen LogP contribution in [0.15, 0.2) is 102 Å². The molecular formula is C23H26N4S. The Morgan fingerprint density at radius 3 is 2.43 bits per heavy atom. The molecule has 0 spiro atoms. The van der Waals surface area contributed by atoms with Gasteiger partial charge in [0.2, 0.25) is 0 Å². The minimum absolute atomic E-state index is 0.724. The molecule has 0 aliphatic heterocycles. The predicted octanol–water partition coefficient (Wildman–Crippen LogP) is 5.70. The molecule has 0 aliphatic carbocycles. The van der Waals surface area contributed by atoms with Gasteiger partial charge in [-0.2, -0.15) is 0 Å². The fourth-order valence-corrected chi connectivity index (χ4v) is 3.18. The third kappa shape index (κ3) is 6.59. The van der Waals surface area contributed by atoms with Gasteiger partial charge in [0, 0.05) is 35.0 Å². The highest BCUT2D eigenvalue weighted by Gasteiger charge is 2.08. The van der Waals surface area contributed by atoms with Gasteiger partial charge in [-0.15, -0.1) is 0 Å². The molecule has 0 aliphatic rings. The molecule has 0 radical (unpaired) electrons. The van der Waals surface area contributed by atoms with Crippen molar-refractivity contribution in [3.05, 3.63) is 102 Å². The van der Waals surface area contributed by atoms with E-state index >= 15 is 0 Å². The largest absolute Gasteiger partial charge is 0.360 e. The second-order valence-corrected chi connectivity index (χ2v) is 7.32. The number of nitrogens with zero attached hydrogens (tertiary/aromatic N) is 2. The number of hydrogen-bond acceptors (Lipinski definition) is 5. The maximum Gasteiger partial charge on any atom is 0.106 e. The van der Waals surface area contributed by atoms with E-state index in [9.17, 15) is 0 Å². The molecule has 0 amide bonds. The molecule has 144 valence electrons. The van der Waals surface area contributed by atoms with Crippen LogP contribution in [0.5, 0.6) is 0 Å². The number of aromatic nitrogens is 2. The molecule has 0 saturated carbocycles. The Morgan fingerprint density at radius 2 is 1.79 bits per heavy atom. The van der Waals surface area contributed by atoms with Crippen LogP contribution in [-0.2, 0) is 0 Å². The Balaban J connectivity index is 2.10. The first-order chi connectivity index (χ1) is 13.4. The minimum Gasteiger partial charge on any atom is -0.360 e. The summed E-state index contributed by atoms with van der Waals surface area (Å²) in [6, 6.07) is 7.97. The monoisotopic (exact) mass is 390 g/mol. The Kier molecular flexibility index (Phi) is 7.84. The SMILES string of the molecule is C=C(C)NC(/C=C\C)=C/C(=C)NC(=C)Sc1nc(-c2ccncc2)ccc1C. The van der Waals surface area contributed by atoms with Crippen LogP contribution in [0.3, 0.4) is 0 Å². The van der Waals surface area contributed by atoms with Gasteiger partial charge in [-0.25, -0.2) is 4.98 Å². The first-order valence-corrected chi connectivity index (χ1v) is 9.68. The van der Waals surface area contributed by atoms with Crippen LogP contribution in [-0.4, -0.2) is 9.97 Å². The zero-order chi connectivity index (χ0) is 20.5. The van der Waals surface area contributed by atoms with Crippen LogP contribution in [0.4, 0.5) is 0 Å². The summed E-state index contributed by atoms with van der Waals surface area (Å²) in [7, 11) is 0. The van der Waals surface area contributed by atoms with Gasteiger partial charge < -0.3 is 10.6 Å². The lowest BCUT2D eigenvalue weighted by molar-refractivity contribution is 0.993. The van der Waals surface area contributed by atoms with E-state index in [4.69, 9.17) is 4.98 Å². The van der Waals surface area contributed by atoms with Crippen molar-refractivity contribution in [1.29, 1.82) is 0 Å².